The summed E-state index contributed by atoms with van der Waals surface area (Å²) in [6, 6.07) is 8.74. The minimum atomic E-state index is -1.10. The van der Waals surface area contributed by atoms with Crippen LogP contribution in [0.25, 0.3) is 22.8 Å². The van der Waals surface area contributed by atoms with Crippen LogP contribution in [0.1, 0.15) is 36.5 Å². The third-order valence-corrected chi connectivity index (χ3v) is 5.38. The number of nitrogens with zero attached hydrogens (tertiary/aromatic N) is 6. The summed E-state index contributed by atoms with van der Waals surface area (Å²) in [6.07, 6.45) is 4.46. The number of carbonyl (C=O) groups is 1. The topological polar surface area (TPSA) is 154 Å². The van der Waals surface area contributed by atoms with Gasteiger partial charge < -0.3 is 16.2 Å². The smallest absolute Gasteiger partial charge is 0.328 e. The highest BCUT2D eigenvalue weighted by Crippen LogP contribution is 2.27. The fourth-order valence-electron chi connectivity index (χ4n) is 3.74. The quantitative estimate of drug-likeness (QED) is 0.353. The molecule has 0 saturated heterocycles. The highest BCUT2D eigenvalue weighted by atomic mass is 16.4. The highest BCUT2D eigenvalue weighted by molar-refractivity contribution is 5.87. The molecular formula is C23H24N8O3. The number of fused-ring (bicyclic) bond motifs is 1. The van der Waals surface area contributed by atoms with Crippen molar-refractivity contribution in [2.45, 2.75) is 26.3 Å². The molecule has 0 bridgehead atoms. The Morgan fingerprint density at radius 1 is 1.24 bits per heavy atom. The Balaban J connectivity index is 1.92. The number of hydrogen-bond acceptors (Lipinski definition) is 8. The van der Waals surface area contributed by atoms with Crippen LogP contribution in [0.15, 0.2) is 47.4 Å². The summed E-state index contributed by atoms with van der Waals surface area (Å²) in [4.78, 5) is 37.9. The predicted octanol–water partition coefficient (Wildman–Crippen LogP) is 2.46. The van der Waals surface area contributed by atoms with Crippen molar-refractivity contribution in [3.8, 4) is 5.69 Å². The van der Waals surface area contributed by atoms with Crippen molar-refractivity contribution in [2.24, 2.45) is 7.05 Å². The molecule has 174 valence electrons. The van der Waals surface area contributed by atoms with E-state index in [1.165, 1.54) is 12.3 Å². The molecule has 0 aliphatic carbocycles. The Labute approximate surface area is 194 Å². The number of rotatable bonds is 7. The van der Waals surface area contributed by atoms with Gasteiger partial charge in [0.1, 0.15) is 17.0 Å². The number of hydrogen-bond donors (Lipinski definition) is 3. The number of carboxylic acids is 1. The first-order valence-corrected chi connectivity index (χ1v) is 10.6. The van der Waals surface area contributed by atoms with Gasteiger partial charge in [0.15, 0.2) is 5.65 Å². The zero-order chi connectivity index (χ0) is 24.4. The van der Waals surface area contributed by atoms with Gasteiger partial charge >= 0.3 is 5.97 Å². The number of aliphatic carboxylic acids is 1. The molecule has 0 fully saturated rings. The summed E-state index contributed by atoms with van der Waals surface area (Å²) in [7, 11) is 1.73. The lowest BCUT2D eigenvalue weighted by Crippen LogP contribution is -2.28. The van der Waals surface area contributed by atoms with Gasteiger partial charge in [-0.05, 0) is 31.6 Å². The SMILES string of the molecule is CCC(Nc1nc(N)nc(C)c1C=CC(=O)O)c1nc2c(cnn2C)c(=O)n1-c1ccccc1. The van der Waals surface area contributed by atoms with Crippen LogP contribution < -0.4 is 16.6 Å². The molecule has 0 aliphatic heterocycles. The number of aryl methyl sites for hydroxylation is 2. The maximum atomic E-state index is 13.5. The number of para-hydroxylation sites is 1. The second-order valence-corrected chi connectivity index (χ2v) is 7.66. The maximum absolute atomic E-state index is 13.5. The second kappa shape index (κ2) is 9.14. The summed E-state index contributed by atoms with van der Waals surface area (Å²) in [6.45, 7) is 3.66. The second-order valence-electron chi connectivity index (χ2n) is 7.66. The van der Waals surface area contributed by atoms with Gasteiger partial charge in [-0.1, -0.05) is 25.1 Å². The Morgan fingerprint density at radius 3 is 2.65 bits per heavy atom. The maximum Gasteiger partial charge on any atom is 0.328 e. The van der Waals surface area contributed by atoms with E-state index in [0.29, 0.717) is 46.0 Å². The van der Waals surface area contributed by atoms with E-state index in [9.17, 15) is 9.59 Å². The van der Waals surface area contributed by atoms with Crippen molar-refractivity contribution < 1.29 is 9.90 Å². The van der Waals surface area contributed by atoms with E-state index in [-0.39, 0.29) is 11.5 Å². The van der Waals surface area contributed by atoms with E-state index < -0.39 is 12.0 Å². The van der Waals surface area contributed by atoms with Crippen molar-refractivity contribution in [2.75, 3.05) is 11.1 Å². The molecule has 0 aliphatic rings. The number of benzene rings is 1. The first-order chi connectivity index (χ1) is 16.3. The summed E-state index contributed by atoms with van der Waals surface area (Å²) < 4.78 is 3.10. The molecule has 3 aromatic heterocycles. The van der Waals surface area contributed by atoms with Gasteiger partial charge in [-0.25, -0.2) is 14.8 Å². The molecule has 34 heavy (non-hydrogen) atoms. The van der Waals surface area contributed by atoms with Crippen LogP contribution in [-0.4, -0.2) is 40.4 Å². The molecule has 11 heteroatoms. The first kappa shape index (κ1) is 22.6. The molecule has 0 saturated carbocycles. The van der Waals surface area contributed by atoms with Gasteiger partial charge in [0, 0.05) is 18.7 Å². The van der Waals surface area contributed by atoms with Crippen LogP contribution in [0, 0.1) is 6.92 Å². The third kappa shape index (κ3) is 4.22. The molecule has 1 atom stereocenters. The highest BCUT2D eigenvalue weighted by Gasteiger charge is 2.23. The van der Waals surface area contributed by atoms with E-state index in [1.807, 2.05) is 37.3 Å². The molecule has 0 amide bonds. The fraction of sp³-hybridized carbons (Fsp3) is 0.217. The summed E-state index contributed by atoms with van der Waals surface area (Å²) >= 11 is 0. The van der Waals surface area contributed by atoms with Gasteiger partial charge in [0.05, 0.1) is 23.6 Å². The number of aromatic nitrogens is 6. The van der Waals surface area contributed by atoms with Crippen molar-refractivity contribution in [1.29, 1.82) is 0 Å². The van der Waals surface area contributed by atoms with Crippen molar-refractivity contribution >= 4 is 34.8 Å². The molecule has 4 rings (SSSR count). The standard InChI is InChI=1S/C23H24N8O3/c1-4-17(27-19-15(10-11-18(32)33)13(2)26-23(24)28-19)21-29-20-16(12-25-30(20)3)22(34)31(21)14-8-6-5-7-9-14/h5-12,17H,4H2,1-3H3,(H,32,33)(H3,24,26,27,28). The van der Waals surface area contributed by atoms with Gasteiger partial charge in [0.2, 0.25) is 5.95 Å². The summed E-state index contributed by atoms with van der Waals surface area (Å²) in [5, 5.41) is 17.0. The number of carboxylic acid groups (broad SMARTS) is 1. The van der Waals surface area contributed by atoms with Crippen LogP contribution >= 0.6 is 0 Å². The van der Waals surface area contributed by atoms with Crippen molar-refractivity contribution in [3.63, 3.8) is 0 Å². The Kier molecular flexibility index (Phi) is 6.09. The first-order valence-electron chi connectivity index (χ1n) is 10.6. The molecule has 1 unspecified atom stereocenters. The van der Waals surface area contributed by atoms with Crippen LogP contribution in [-0.2, 0) is 11.8 Å². The zero-order valence-corrected chi connectivity index (χ0v) is 18.9. The third-order valence-electron chi connectivity index (χ3n) is 5.38. The molecule has 0 spiro atoms. The molecule has 0 radical (unpaired) electrons. The predicted molar refractivity (Wildman–Crippen MR) is 129 cm³/mol. The number of nitrogens with one attached hydrogen (secondary N) is 1. The fourth-order valence-corrected chi connectivity index (χ4v) is 3.74. The van der Waals surface area contributed by atoms with E-state index >= 15 is 0 Å². The van der Waals surface area contributed by atoms with E-state index in [0.717, 1.165) is 6.08 Å². The minimum absolute atomic E-state index is 0.0397. The van der Waals surface area contributed by atoms with E-state index in [2.05, 4.69) is 20.4 Å². The normalized spacial score (nSPS) is 12.3. The Morgan fingerprint density at radius 2 is 1.97 bits per heavy atom. The lowest BCUT2D eigenvalue weighted by Gasteiger charge is -2.23. The largest absolute Gasteiger partial charge is 0.478 e. The molecule has 3 heterocycles. The van der Waals surface area contributed by atoms with Gasteiger partial charge in [-0.3, -0.25) is 14.0 Å². The van der Waals surface area contributed by atoms with Gasteiger partial charge in [-0.2, -0.15) is 10.1 Å². The lowest BCUT2D eigenvalue weighted by molar-refractivity contribution is -0.131. The van der Waals surface area contributed by atoms with Gasteiger partial charge in [0.25, 0.3) is 5.56 Å². The van der Waals surface area contributed by atoms with E-state index in [1.54, 1.807) is 23.2 Å². The van der Waals surface area contributed by atoms with Gasteiger partial charge in [-0.15, -0.1) is 0 Å². The number of nitrogens with two attached hydrogens (primary N) is 1. The average Bonchev–Trinajstić information content (AvgIpc) is 3.18. The summed E-state index contributed by atoms with van der Waals surface area (Å²) in [5.41, 5.74) is 7.74. The van der Waals surface area contributed by atoms with Crippen molar-refractivity contribution in [3.05, 3.63) is 70.0 Å². The van der Waals surface area contributed by atoms with Crippen molar-refractivity contribution in [1.82, 2.24) is 29.3 Å². The minimum Gasteiger partial charge on any atom is -0.478 e. The summed E-state index contributed by atoms with van der Waals surface area (Å²) in [5.74, 6) is -0.264. The van der Waals surface area contributed by atoms with E-state index in [4.69, 9.17) is 15.8 Å². The number of anilines is 2. The molecule has 1 aromatic carbocycles. The van der Waals surface area contributed by atoms with Crippen LogP contribution in [0.4, 0.5) is 11.8 Å². The van der Waals surface area contributed by atoms with Crippen LogP contribution in [0.2, 0.25) is 0 Å². The Bertz CT molecular complexity index is 1460. The molecule has 4 N–H and O–H groups in total. The van der Waals surface area contributed by atoms with Crippen LogP contribution in [0.5, 0.6) is 0 Å². The average molecular weight is 460 g/mol. The molecule has 4 aromatic rings. The lowest BCUT2D eigenvalue weighted by atomic mass is 10.1. The van der Waals surface area contributed by atoms with Crippen LogP contribution in [0.3, 0.4) is 0 Å². The molecular weight excluding hydrogens is 436 g/mol. The monoisotopic (exact) mass is 460 g/mol. The molecule has 11 nitrogen and oxygen atoms in total. The zero-order valence-electron chi connectivity index (χ0n) is 18.9. The Hall–Kier alpha value is -4.54. The number of nitrogen functional groups attached to an aromatic ring is 1.